The normalized spacial score (nSPS) is 12.2. The molecule has 1 aromatic heterocycles. The Morgan fingerprint density at radius 2 is 2.05 bits per heavy atom. The van der Waals surface area contributed by atoms with Gasteiger partial charge in [0.2, 0.25) is 0 Å². The van der Waals surface area contributed by atoms with Crippen LogP contribution in [0.5, 0.6) is 0 Å². The van der Waals surface area contributed by atoms with E-state index in [1.807, 2.05) is 13.8 Å². The maximum absolute atomic E-state index is 11.4. The Morgan fingerprint density at radius 1 is 1.40 bits per heavy atom. The van der Waals surface area contributed by atoms with Gasteiger partial charge in [0, 0.05) is 0 Å². The number of carboxylic acid groups (broad SMARTS) is 1. The summed E-state index contributed by atoms with van der Waals surface area (Å²) in [6.07, 6.45) is 0.510. The monoisotopic (exact) mass is 299 g/mol. The molecule has 2 rings (SSSR count). The van der Waals surface area contributed by atoms with Crippen molar-refractivity contribution < 1.29 is 22.9 Å². The highest BCUT2D eigenvalue weighted by molar-refractivity contribution is 7.84. The van der Waals surface area contributed by atoms with Gasteiger partial charge in [-0.15, -0.1) is 9.19 Å². The van der Waals surface area contributed by atoms with E-state index in [1.54, 1.807) is 0 Å². The van der Waals surface area contributed by atoms with Gasteiger partial charge in [-0.3, -0.25) is 4.55 Å². The Balaban J connectivity index is 2.78. The molecule has 0 aliphatic rings. The number of carbonyl (C=O) groups is 1. The quantitative estimate of drug-likeness (QED) is 0.806. The molecule has 0 radical (unpaired) electrons. The van der Waals surface area contributed by atoms with Gasteiger partial charge >= 0.3 is 16.3 Å². The molecule has 0 saturated heterocycles. The summed E-state index contributed by atoms with van der Waals surface area (Å²) in [4.78, 5) is 11.4. The summed E-state index contributed by atoms with van der Waals surface area (Å²) in [6, 6.07) is 2.89. The molecule has 0 saturated carbocycles. The number of hydrogen-bond acceptors (Lipinski definition) is 5. The number of carboxylic acids is 1. The molecule has 1 aromatic carbocycles. The van der Waals surface area contributed by atoms with Crippen LogP contribution in [-0.4, -0.2) is 38.4 Å². The van der Waals surface area contributed by atoms with E-state index in [0.717, 1.165) is 0 Å². The van der Waals surface area contributed by atoms with Crippen molar-refractivity contribution in [3.63, 3.8) is 0 Å². The summed E-state index contributed by atoms with van der Waals surface area (Å²) >= 11 is 0. The van der Waals surface area contributed by atoms with E-state index in [0.29, 0.717) is 16.1 Å². The van der Waals surface area contributed by atoms with Crippen LogP contribution in [0, 0.1) is 5.92 Å². The Hall–Kier alpha value is -2.00. The van der Waals surface area contributed by atoms with Crippen LogP contribution in [-0.2, 0) is 16.7 Å². The van der Waals surface area contributed by atoms with Gasteiger partial charge in [0.1, 0.15) is 11.0 Å². The average molecular weight is 299 g/mol. The molecule has 0 aliphatic heterocycles. The van der Waals surface area contributed by atoms with E-state index < -0.39 is 16.3 Å². The second-order valence-electron chi connectivity index (χ2n) is 4.78. The Kier molecular flexibility index (Phi) is 3.48. The molecular weight excluding hydrogens is 286 g/mol. The molecule has 0 unspecified atom stereocenters. The van der Waals surface area contributed by atoms with Gasteiger partial charge in [0.25, 0.3) is 0 Å². The van der Waals surface area contributed by atoms with E-state index >= 15 is 0 Å². The molecule has 2 N–H and O–H groups in total. The predicted octanol–water partition coefficient (Wildman–Crippen LogP) is 0.979. The lowest BCUT2D eigenvalue weighted by Crippen LogP contribution is -2.12. The summed E-state index contributed by atoms with van der Waals surface area (Å²) in [6.45, 7) is 3.87. The molecular formula is C11H13N3O5S. The topological polar surface area (TPSA) is 122 Å². The number of hydrogen-bond donors (Lipinski definition) is 2. The van der Waals surface area contributed by atoms with Crippen LogP contribution in [0.1, 0.15) is 29.8 Å². The third kappa shape index (κ3) is 2.49. The fourth-order valence-electron chi connectivity index (χ4n) is 2.03. The molecule has 0 atom stereocenters. The summed E-state index contributed by atoms with van der Waals surface area (Å²) in [7, 11) is -4.61. The van der Waals surface area contributed by atoms with E-state index in [-0.39, 0.29) is 22.5 Å². The van der Waals surface area contributed by atoms with Gasteiger partial charge in [0.05, 0.1) is 5.56 Å². The highest BCUT2D eigenvalue weighted by Crippen LogP contribution is 2.23. The lowest BCUT2D eigenvalue weighted by Gasteiger charge is -2.09. The zero-order valence-electron chi connectivity index (χ0n) is 10.8. The van der Waals surface area contributed by atoms with Gasteiger partial charge in [-0.05, 0) is 29.2 Å². The lowest BCUT2D eigenvalue weighted by atomic mass is 9.97. The van der Waals surface area contributed by atoms with Crippen molar-refractivity contribution >= 4 is 27.3 Å². The minimum Gasteiger partial charge on any atom is -0.478 e. The highest BCUT2D eigenvalue weighted by atomic mass is 32.2. The minimum absolute atomic E-state index is 0.0618. The second kappa shape index (κ2) is 4.84. The van der Waals surface area contributed by atoms with Crippen LogP contribution >= 0.6 is 0 Å². The Morgan fingerprint density at radius 3 is 2.55 bits per heavy atom. The molecule has 0 bridgehead atoms. The molecule has 0 aliphatic carbocycles. The first-order valence-electron chi connectivity index (χ1n) is 5.80. The molecule has 0 spiro atoms. The van der Waals surface area contributed by atoms with Gasteiger partial charge < -0.3 is 5.11 Å². The smallest absolute Gasteiger partial charge is 0.380 e. The van der Waals surface area contributed by atoms with E-state index in [2.05, 4.69) is 10.3 Å². The predicted molar refractivity (Wildman–Crippen MR) is 70.0 cm³/mol. The Labute approximate surface area is 114 Å². The molecule has 2 aromatic rings. The molecule has 0 fully saturated rings. The first-order chi connectivity index (χ1) is 9.21. The largest absolute Gasteiger partial charge is 0.478 e. The van der Waals surface area contributed by atoms with Crippen molar-refractivity contribution in [2.45, 2.75) is 20.3 Å². The number of nitrogens with zero attached hydrogens (tertiary/aromatic N) is 3. The fraction of sp³-hybridized carbons (Fsp3) is 0.364. The van der Waals surface area contributed by atoms with Gasteiger partial charge in [-0.1, -0.05) is 19.9 Å². The number of rotatable bonds is 4. The average Bonchev–Trinajstić information content (AvgIpc) is 2.70. The van der Waals surface area contributed by atoms with E-state index in [4.69, 9.17) is 4.55 Å². The van der Waals surface area contributed by atoms with Crippen LogP contribution < -0.4 is 0 Å². The van der Waals surface area contributed by atoms with Crippen LogP contribution in [0.2, 0.25) is 0 Å². The molecule has 20 heavy (non-hydrogen) atoms. The van der Waals surface area contributed by atoms with Crippen molar-refractivity contribution in [1.29, 1.82) is 0 Å². The number of aromatic carboxylic acids is 1. The first kappa shape index (κ1) is 14.4. The van der Waals surface area contributed by atoms with Crippen LogP contribution in [0.4, 0.5) is 0 Å². The van der Waals surface area contributed by atoms with Gasteiger partial charge in [0.15, 0.2) is 0 Å². The van der Waals surface area contributed by atoms with Crippen molar-refractivity contribution in [3.8, 4) is 0 Å². The lowest BCUT2D eigenvalue weighted by molar-refractivity contribution is 0.0697. The van der Waals surface area contributed by atoms with Crippen LogP contribution in [0.3, 0.4) is 0 Å². The molecule has 1 heterocycles. The standard InChI is InChI=1S/C11H13N3O5S/c1-6(2)5-7-3-4-8-10(9(7)11(15)16)12-13-14(8)20(17,18)19/h3-4,6H,5H2,1-2H3,(H,15,16)(H,17,18,19). The van der Waals surface area contributed by atoms with Gasteiger partial charge in [-0.25, -0.2) is 4.79 Å². The summed E-state index contributed by atoms with van der Waals surface area (Å²) in [5, 5.41) is 16.2. The highest BCUT2D eigenvalue weighted by Gasteiger charge is 2.22. The van der Waals surface area contributed by atoms with Crippen LogP contribution in [0.25, 0.3) is 11.0 Å². The summed E-state index contributed by atoms with van der Waals surface area (Å²) in [5.74, 6) is -0.990. The number of fused-ring (bicyclic) bond motifs is 1. The minimum atomic E-state index is -4.61. The molecule has 9 heteroatoms. The fourth-order valence-corrected chi connectivity index (χ4v) is 2.55. The summed E-state index contributed by atoms with van der Waals surface area (Å²) < 4.78 is 31.5. The van der Waals surface area contributed by atoms with Crippen molar-refractivity contribution in [3.05, 3.63) is 23.3 Å². The zero-order valence-corrected chi connectivity index (χ0v) is 11.6. The Bertz CT molecular complexity index is 779. The van der Waals surface area contributed by atoms with Crippen molar-refractivity contribution in [1.82, 2.24) is 14.4 Å². The van der Waals surface area contributed by atoms with E-state index in [9.17, 15) is 18.3 Å². The maximum atomic E-state index is 11.4. The van der Waals surface area contributed by atoms with Crippen molar-refractivity contribution in [2.75, 3.05) is 0 Å². The van der Waals surface area contributed by atoms with Crippen molar-refractivity contribution in [2.24, 2.45) is 5.92 Å². The third-order valence-corrected chi connectivity index (χ3v) is 3.44. The second-order valence-corrected chi connectivity index (χ2v) is 6.02. The summed E-state index contributed by atoms with van der Waals surface area (Å²) in [5.41, 5.74) is 0.319. The molecule has 0 amide bonds. The van der Waals surface area contributed by atoms with E-state index in [1.165, 1.54) is 12.1 Å². The number of benzene rings is 1. The third-order valence-electron chi connectivity index (χ3n) is 2.74. The SMILES string of the molecule is CC(C)Cc1ccc2c(nnn2S(=O)(=O)O)c1C(=O)O. The van der Waals surface area contributed by atoms with Crippen LogP contribution in [0.15, 0.2) is 12.1 Å². The molecule has 8 nitrogen and oxygen atoms in total. The first-order valence-corrected chi connectivity index (χ1v) is 7.20. The zero-order chi connectivity index (χ0) is 15.1. The molecule has 108 valence electrons. The maximum Gasteiger partial charge on any atom is 0.380 e. The number of aromatic nitrogens is 3. The van der Waals surface area contributed by atoms with Gasteiger partial charge in [-0.2, -0.15) is 8.42 Å².